The van der Waals surface area contributed by atoms with Crippen LogP contribution in [0.3, 0.4) is 0 Å². The zero-order valence-electron chi connectivity index (χ0n) is 8.13. The number of hydrogen-bond donors (Lipinski definition) is 1. The zero-order chi connectivity index (χ0) is 10.2. The maximum atomic E-state index is 6.19. The van der Waals surface area contributed by atoms with Crippen LogP contribution in [0.4, 0.5) is 0 Å². The summed E-state index contributed by atoms with van der Waals surface area (Å²) in [6.07, 6.45) is 3.32. The second kappa shape index (κ2) is 3.81. The highest BCUT2D eigenvalue weighted by Crippen LogP contribution is 2.45. The molecular weight excluding hydrogens is 218 g/mol. The van der Waals surface area contributed by atoms with E-state index < -0.39 is 0 Å². The molecule has 1 aromatic heterocycles. The van der Waals surface area contributed by atoms with Crippen LogP contribution in [-0.4, -0.2) is 12.7 Å². The van der Waals surface area contributed by atoms with Gasteiger partial charge in [-0.05, 0) is 31.4 Å². The summed E-state index contributed by atoms with van der Waals surface area (Å²) in [6, 6.07) is 3.86. The van der Waals surface area contributed by atoms with Gasteiger partial charge >= 0.3 is 0 Å². The van der Waals surface area contributed by atoms with Gasteiger partial charge in [0.05, 0.1) is 16.0 Å². The van der Waals surface area contributed by atoms with Crippen LogP contribution in [0.15, 0.2) is 12.1 Å². The first kappa shape index (κ1) is 10.4. The van der Waals surface area contributed by atoms with Gasteiger partial charge in [0, 0.05) is 12.0 Å². The third kappa shape index (κ3) is 1.58. The molecule has 14 heavy (non-hydrogen) atoms. The van der Waals surface area contributed by atoms with Gasteiger partial charge in [-0.1, -0.05) is 11.6 Å². The van der Waals surface area contributed by atoms with Crippen LogP contribution in [0.1, 0.15) is 30.2 Å². The Kier molecular flexibility index (Phi) is 2.84. The van der Waals surface area contributed by atoms with Crippen molar-refractivity contribution >= 4 is 22.9 Å². The number of ether oxygens (including phenoxy) is 1. The van der Waals surface area contributed by atoms with Crippen molar-refractivity contribution in [2.24, 2.45) is 5.73 Å². The molecule has 2 rings (SSSR count). The minimum absolute atomic E-state index is 0.0289. The Morgan fingerprint density at radius 1 is 1.57 bits per heavy atom. The smallest absolute Gasteiger partial charge is 0.0931 e. The van der Waals surface area contributed by atoms with Gasteiger partial charge in [-0.15, -0.1) is 11.3 Å². The lowest BCUT2D eigenvalue weighted by atomic mass is 9.74. The van der Waals surface area contributed by atoms with E-state index in [-0.39, 0.29) is 11.6 Å². The molecule has 0 amide bonds. The highest BCUT2D eigenvalue weighted by Gasteiger charge is 2.43. The molecule has 0 saturated heterocycles. The SMILES string of the molecule is COC1(C(N)c2ccc(Cl)s2)CCC1. The van der Waals surface area contributed by atoms with E-state index in [4.69, 9.17) is 22.1 Å². The number of rotatable bonds is 3. The van der Waals surface area contributed by atoms with Gasteiger partial charge in [-0.25, -0.2) is 0 Å². The summed E-state index contributed by atoms with van der Waals surface area (Å²) in [4.78, 5) is 1.12. The minimum Gasteiger partial charge on any atom is -0.376 e. The number of hydrogen-bond acceptors (Lipinski definition) is 3. The fraction of sp³-hybridized carbons (Fsp3) is 0.600. The molecule has 2 N–H and O–H groups in total. The Morgan fingerprint density at radius 2 is 2.29 bits per heavy atom. The van der Waals surface area contributed by atoms with Gasteiger partial charge in [-0.2, -0.15) is 0 Å². The molecule has 0 aromatic carbocycles. The average Bonchev–Trinajstić information content (AvgIpc) is 2.50. The van der Waals surface area contributed by atoms with Gasteiger partial charge in [0.2, 0.25) is 0 Å². The molecule has 1 heterocycles. The van der Waals surface area contributed by atoms with Crippen molar-refractivity contribution < 1.29 is 4.74 Å². The van der Waals surface area contributed by atoms with Crippen molar-refractivity contribution in [2.75, 3.05) is 7.11 Å². The van der Waals surface area contributed by atoms with E-state index in [1.807, 2.05) is 12.1 Å². The first-order chi connectivity index (χ1) is 6.68. The highest BCUT2D eigenvalue weighted by atomic mass is 35.5. The van der Waals surface area contributed by atoms with Crippen molar-refractivity contribution in [1.82, 2.24) is 0 Å². The van der Waals surface area contributed by atoms with Crippen LogP contribution in [0.2, 0.25) is 4.34 Å². The average molecular weight is 232 g/mol. The number of thiophene rings is 1. The van der Waals surface area contributed by atoms with Gasteiger partial charge in [0.25, 0.3) is 0 Å². The van der Waals surface area contributed by atoms with E-state index in [9.17, 15) is 0 Å². The number of methoxy groups -OCH3 is 1. The Morgan fingerprint density at radius 3 is 2.64 bits per heavy atom. The quantitative estimate of drug-likeness (QED) is 0.868. The summed E-state index contributed by atoms with van der Waals surface area (Å²) in [5.74, 6) is 0. The summed E-state index contributed by atoms with van der Waals surface area (Å²) < 4.78 is 6.33. The summed E-state index contributed by atoms with van der Waals surface area (Å²) in [7, 11) is 1.74. The largest absolute Gasteiger partial charge is 0.376 e. The molecular formula is C10H14ClNOS. The van der Waals surface area contributed by atoms with Gasteiger partial charge in [0.1, 0.15) is 0 Å². The molecule has 0 bridgehead atoms. The van der Waals surface area contributed by atoms with Crippen LogP contribution >= 0.6 is 22.9 Å². The van der Waals surface area contributed by atoms with Crippen molar-refractivity contribution in [3.8, 4) is 0 Å². The third-order valence-corrected chi connectivity index (χ3v) is 4.39. The summed E-state index contributed by atoms with van der Waals surface area (Å²) in [6.45, 7) is 0. The maximum absolute atomic E-state index is 6.19. The van der Waals surface area contributed by atoms with E-state index in [1.165, 1.54) is 6.42 Å². The fourth-order valence-corrected chi connectivity index (χ4v) is 3.09. The first-order valence-electron chi connectivity index (χ1n) is 4.74. The standard InChI is InChI=1S/C10H14ClNOS/c1-13-10(5-2-6-10)9(12)7-3-4-8(11)14-7/h3-4,9H,2,5-6,12H2,1H3. The molecule has 1 aliphatic carbocycles. The lowest BCUT2D eigenvalue weighted by Crippen LogP contribution is -2.48. The molecule has 1 aromatic rings. The van der Waals surface area contributed by atoms with Crippen LogP contribution in [0.25, 0.3) is 0 Å². The molecule has 1 saturated carbocycles. The molecule has 4 heteroatoms. The molecule has 0 radical (unpaired) electrons. The predicted octanol–water partition coefficient (Wildman–Crippen LogP) is 2.97. The normalized spacial score (nSPS) is 21.6. The van der Waals surface area contributed by atoms with E-state index in [0.29, 0.717) is 0 Å². The molecule has 78 valence electrons. The van der Waals surface area contributed by atoms with Gasteiger partial charge < -0.3 is 10.5 Å². The Hall–Kier alpha value is -0.0900. The molecule has 1 aliphatic rings. The zero-order valence-corrected chi connectivity index (χ0v) is 9.70. The Balaban J connectivity index is 2.18. The Bertz CT molecular complexity index is 316. The minimum atomic E-state index is -0.131. The maximum Gasteiger partial charge on any atom is 0.0931 e. The molecule has 1 fully saturated rings. The van der Waals surface area contributed by atoms with Crippen LogP contribution in [-0.2, 0) is 4.74 Å². The topological polar surface area (TPSA) is 35.2 Å². The molecule has 0 aliphatic heterocycles. The Labute approximate surface area is 93.0 Å². The van der Waals surface area contributed by atoms with E-state index in [2.05, 4.69) is 0 Å². The monoisotopic (exact) mass is 231 g/mol. The summed E-state index contributed by atoms with van der Waals surface area (Å²) in [5.41, 5.74) is 6.06. The molecule has 1 atom stereocenters. The van der Waals surface area contributed by atoms with Crippen molar-refractivity contribution in [1.29, 1.82) is 0 Å². The number of nitrogens with two attached hydrogens (primary N) is 1. The van der Waals surface area contributed by atoms with Crippen LogP contribution in [0.5, 0.6) is 0 Å². The summed E-state index contributed by atoms with van der Waals surface area (Å²) >= 11 is 7.43. The van der Waals surface area contributed by atoms with E-state index in [0.717, 1.165) is 22.1 Å². The van der Waals surface area contributed by atoms with Crippen LogP contribution in [0, 0.1) is 0 Å². The second-order valence-corrected chi connectivity index (χ2v) is 5.49. The molecule has 2 nitrogen and oxygen atoms in total. The van der Waals surface area contributed by atoms with Crippen molar-refractivity contribution in [3.05, 3.63) is 21.3 Å². The second-order valence-electron chi connectivity index (χ2n) is 3.74. The van der Waals surface area contributed by atoms with E-state index in [1.54, 1.807) is 18.4 Å². The third-order valence-electron chi connectivity index (χ3n) is 3.07. The lowest BCUT2D eigenvalue weighted by Gasteiger charge is -2.44. The van der Waals surface area contributed by atoms with Gasteiger partial charge in [-0.3, -0.25) is 0 Å². The van der Waals surface area contributed by atoms with Crippen LogP contribution < -0.4 is 5.73 Å². The van der Waals surface area contributed by atoms with E-state index >= 15 is 0 Å². The lowest BCUT2D eigenvalue weighted by molar-refractivity contribution is -0.0904. The molecule has 1 unspecified atom stereocenters. The van der Waals surface area contributed by atoms with Crippen molar-refractivity contribution in [3.63, 3.8) is 0 Å². The highest BCUT2D eigenvalue weighted by molar-refractivity contribution is 7.16. The predicted molar refractivity (Wildman–Crippen MR) is 59.8 cm³/mol. The molecule has 0 spiro atoms. The van der Waals surface area contributed by atoms with Crippen molar-refractivity contribution in [2.45, 2.75) is 30.9 Å². The number of halogens is 1. The fourth-order valence-electron chi connectivity index (χ4n) is 1.92. The van der Waals surface area contributed by atoms with Gasteiger partial charge in [0.15, 0.2) is 0 Å². The first-order valence-corrected chi connectivity index (χ1v) is 5.93. The summed E-state index contributed by atoms with van der Waals surface area (Å²) in [5, 5.41) is 0.